The molecule has 0 amide bonds. The third kappa shape index (κ3) is 2.94. The molecule has 1 aliphatic rings. The smallest absolute Gasteiger partial charge is 0.0483 e. The lowest BCUT2D eigenvalue weighted by atomic mass is 10.0. The van der Waals surface area contributed by atoms with Crippen LogP contribution in [0.3, 0.4) is 0 Å². The zero-order valence-corrected chi connectivity index (χ0v) is 9.45. The van der Waals surface area contributed by atoms with Crippen molar-refractivity contribution in [3.63, 3.8) is 0 Å². The minimum Gasteiger partial charge on any atom is -0.396 e. The fourth-order valence-corrected chi connectivity index (χ4v) is 2.04. The van der Waals surface area contributed by atoms with E-state index in [-0.39, 0.29) is 0 Å². The zero-order chi connectivity index (χ0) is 10.7. The van der Waals surface area contributed by atoms with Crippen LogP contribution in [0.25, 0.3) is 0 Å². The van der Waals surface area contributed by atoms with Crippen molar-refractivity contribution in [2.75, 3.05) is 26.2 Å². The average Bonchev–Trinajstić information content (AvgIpc) is 2.19. The Morgan fingerprint density at radius 1 is 1.27 bits per heavy atom. The predicted molar refractivity (Wildman–Crippen MR) is 62.2 cm³/mol. The summed E-state index contributed by atoms with van der Waals surface area (Å²) in [5.41, 5.74) is 1.33. The Labute approximate surface area is 95.5 Å². The van der Waals surface area contributed by atoms with Gasteiger partial charge in [0.05, 0.1) is 0 Å². The van der Waals surface area contributed by atoms with E-state index in [1.165, 1.54) is 5.56 Å². The van der Waals surface area contributed by atoms with Crippen molar-refractivity contribution in [1.82, 2.24) is 4.90 Å². The Balaban J connectivity index is 1.72. The first-order valence-corrected chi connectivity index (χ1v) is 5.73. The Bertz CT molecular complexity index is 306. The first-order valence-electron chi connectivity index (χ1n) is 5.35. The molecule has 1 N–H and O–H groups in total. The number of aliphatic hydroxyl groups is 1. The van der Waals surface area contributed by atoms with Gasteiger partial charge < -0.3 is 10.0 Å². The van der Waals surface area contributed by atoms with Crippen LogP contribution in [0.15, 0.2) is 24.3 Å². The van der Waals surface area contributed by atoms with E-state index in [0.717, 1.165) is 31.1 Å². The van der Waals surface area contributed by atoms with Gasteiger partial charge in [0.1, 0.15) is 0 Å². The largest absolute Gasteiger partial charge is 0.396 e. The number of aliphatic hydroxyl groups excluding tert-OH is 1. The van der Waals surface area contributed by atoms with E-state index in [1.807, 2.05) is 12.1 Å². The summed E-state index contributed by atoms with van der Waals surface area (Å²) in [5, 5.41) is 9.67. The van der Waals surface area contributed by atoms with E-state index < -0.39 is 0 Å². The molecule has 0 aliphatic carbocycles. The van der Waals surface area contributed by atoms with Crippen molar-refractivity contribution >= 4 is 11.6 Å². The number of rotatable bonds is 4. The van der Waals surface area contributed by atoms with E-state index >= 15 is 0 Å². The number of hydrogen-bond acceptors (Lipinski definition) is 2. The average molecular weight is 226 g/mol. The van der Waals surface area contributed by atoms with Crippen LogP contribution in [-0.2, 0) is 6.42 Å². The number of likely N-dealkylation sites (tertiary alicyclic amines) is 1. The summed E-state index contributed by atoms with van der Waals surface area (Å²) in [5.74, 6) is 0.509. The summed E-state index contributed by atoms with van der Waals surface area (Å²) in [6, 6.07) is 8.02. The topological polar surface area (TPSA) is 23.5 Å². The van der Waals surface area contributed by atoms with Gasteiger partial charge in [0.15, 0.2) is 0 Å². The summed E-state index contributed by atoms with van der Waals surface area (Å²) in [7, 11) is 0. The summed E-state index contributed by atoms with van der Waals surface area (Å²) in [4.78, 5) is 2.37. The molecule has 0 bridgehead atoms. The van der Waals surface area contributed by atoms with E-state index in [0.29, 0.717) is 12.5 Å². The van der Waals surface area contributed by atoms with E-state index in [4.69, 9.17) is 16.7 Å². The van der Waals surface area contributed by atoms with Crippen molar-refractivity contribution in [2.24, 2.45) is 5.92 Å². The standard InChI is InChI=1S/C12H16ClNO/c13-12-3-1-10(2-4-12)5-6-14-7-11(8-14)9-15/h1-4,11,15H,5-9H2. The fourth-order valence-electron chi connectivity index (χ4n) is 1.91. The van der Waals surface area contributed by atoms with Gasteiger partial charge in [-0.05, 0) is 24.1 Å². The van der Waals surface area contributed by atoms with Crippen LogP contribution in [0, 0.1) is 5.92 Å². The molecule has 0 radical (unpaired) electrons. The van der Waals surface area contributed by atoms with Crippen LogP contribution in [0.5, 0.6) is 0 Å². The second-order valence-electron chi connectivity index (χ2n) is 4.18. The van der Waals surface area contributed by atoms with Gasteiger partial charge in [-0.1, -0.05) is 23.7 Å². The van der Waals surface area contributed by atoms with E-state index in [1.54, 1.807) is 0 Å². The molecular weight excluding hydrogens is 210 g/mol. The summed E-state index contributed by atoms with van der Waals surface area (Å²) >= 11 is 5.81. The highest BCUT2D eigenvalue weighted by Gasteiger charge is 2.24. The van der Waals surface area contributed by atoms with Gasteiger partial charge in [0, 0.05) is 37.2 Å². The van der Waals surface area contributed by atoms with Gasteiger partial charge >= 0.3 is 0 Å². The Morgan fingerprint density at radius 3 is 2.53 bits per heavy atom. The molecule has 0 atom stereocenters. The molecule has 82 valence electrons. The molecule has 2 rings (SSSR count). The van der Waals surface area contributed by atoms with Crippen LogP contribution >= 0.6 is 11.6 Å². The van der Waals surface area contributed by atoms with Crippen LogP contribution in [0.4, 0.5) is 0 Å². The Kier molecular flexibility index (Phi) is 3.62. The van der Waals surface area contributed by atoms with Crippen LogP contribution in [0.2, 0.25) is 5.02 Å². The monoisotopic (exact) mass is 225 g/mol. The molecule has 1 aromatic rings. The number of halogens is 1. The molecule has 1 aromatic carbocycles. The third-order valence-corrected chi connectivity index (χ3v) is 3.17. The maximum atomic E-state index is 8.88. The van der Waals surface area contributed by atoms with Crippen LogP contribution < -0.4 is 0 Å². The molecule has 0 aromatic heterocycles. The highest BCUT2D eigenvalue weighted by atomic mass is 35.5. The quantitative estimate of drug-likeness (QED) is 0.845. The van der Waals surface area contributed by atoms with Gasteiger partial charge in [-0.25, -0.2) is 0 Å². The van der Waals surface area contributed by atoms with Gasteiger partial charge in [-0.3, -0.25) is 0 Å². The number of nitrogens with zero attached hydrogens (tertiary/aromatic N) is 1. The van der Waals surface area contributed by atoms with Crippen molar-refractivity contribution in [3.8, 4) is 0 Å². The molecule has 3 heteroatoms. The summed E-state index contributed by atoms with van der Waals surface area (Å²) in [6.07, 6.45) is 1.06. The highest BCUT2D eigenvalue weighted by Crippen LogP contribution is 2.16. The second-order valence-corrected chi connectivity index (χ2v) is 4.62. The van der Waals surface area contributed by atoms with Crippen molar-refractivity contribution in [2.45, 2.75) is 6.42 Å². The second kappa shape index (κ2) is 4.97. The van der Waals surface area contributed by atoms with Gasteiger partial charge in [-0.2, -0.15) is 0 Å². The molecule has 15 heavy (non-hydrogen) atoms. The van der Waals surface area contributed by atoms with Gasteiger partial charge in [0.2, 0.25) is 0 Å². The molecule has 1 heterocycles. The summed E-state index contributed by atoms with van der Waals surface area (Å²) in [6.45, 7) is 3.50. The molecule has 1 saturated heterocycles. The molecule has 1 fully saturated rings. The normalized spacial score (nSPS) is 17.7. The van der Waals surface area contributed by atoms with Crippen molar-refractivity contribution in [1.29, 1.82) is 0 Å². The highest BCUT2D eigenvalue weighted by molar-refractivity contribution is 6.30. The van der Waals surface area contributed by atoms with E-state index in [2.05, 4.69) is 17.0 Å². The maximum absolute atomic E-state index is 8.88. The van der Waals surface area contributed by atoms with Crippen molar-refractivity contribution < 1.29 is 5.11 Å². The SMILES string of the molecule is OCC1CN(CCc2ccc(Cl)cc2)C1. The number of benzene rings is 1. The number of hydrogen-bond donors (Lipinski definition) is 1. The lowest BCUT2D eigenvalue weighted by molar-refractivity contribution is 0.0551. The lowest BCUT2D eigenvalue weighted by Gasteiger charge is -2.38. The maximum Gasteiger partial charge on any atom is 0.0483 e. The molecule has 1 aliphatic heterocycles. The predicted octanol–water partition coefficient (Wildman–Crippen LogP) is 1.81. The first kappa shape index (κ1) is 10.9. The van der Waals surface area contributed by atoms with E-state index in [9.17, 15) is 0 Å². The summed E-state index contributed by atoms with van der Waals surface area (Å²) < 4.78 is 0. The van der Waals surface area contributed by atoms with Gasteiger partial charge in [0.25, 0.3) is 0 Å². The Hall–Kier alpha value is -0.570. The lowest BCUT2D eigenvalue weighted by Crippen LogP contribution is -2.48. The fraction of sp³-hybridized carbons (Fsp3) is 0.500. The molecule has 2 nitrogen and oxygen atoms in total. The third-order valence-electron chi connectivity index (χ3n) is 2.92. The minimum absolute atomic E-state index is 0.331. The minimum atomic E-state index is 0.331. The van der Waals surface area contributed by atoms with Crippen LogP contribution in [0.1, 0.15) is 5.56 Å². The molecular formula is C12H16ClNO. The van der Waals surface area contributed by atoms with Gasteiger partial charge in [-0.15, -0.1) is 0 Å². The zero-order valence-electron chi connectivity index (χ0n) is 8.69. The van der Waals surface area contributed by atoms with Crippen molar-refractivity contribution in [3.05, 3.63) is 34.9 Å². The molecule has 0 unspecified atom stereocenters. The Morgan fingerprint density at radius 2 is 1.93 bits per heavy atom. The first-order chi connectivity index (χ1) is 7.28. The molecule has 0 spiro atoms. The molecule has 0 saturated carbocycles. The van der Waals surface area contributed by atoms with Crippen LogP contribution in [-0.4, -0.2) is 36.2 Å².